The SMILES string of the molecule is O=C(Cn1cccc1)N1CC(Oc2cc(C(F)(F)F)ccn2)C1. The summed E-state index contributed by atoms with van der Waals surface area (Å²) in [5.74, 6) is -0.139. The molecule has 5 nitrogen and oxygen atoms in total. The van der Waals surface area contributed by atoms with Crippen LogP contribution in [0.5, 0.6) is 5.88 Å². The lowest BCUT2D eigenvalue weighted by Crippen LogP contribution is -2.56. The van der Waals surface area contributed by atoms with E-state index >= 15 is 0 Å². The predicted octanol–water partition coefficient (Wildman–Crippen LogP) is 2.19. The number of amides is 1. The lowest BCUT2D eigenvalue weighted by Gasteiger charge is -2.38. The molecular formula is C15H14F3N3O2. The number of carbonyl (C=O) groups excluding carboxylic acids is 1. The normalized spacial score (nSPS) is 15.3. The molecule has 3 heterocycles. The number of rotatable bonds is 4. The first-order chi connectivity index (χ1) is 10.9. The number of ether oxygens (including phenoxy) is 1. The van der Waals surface area contributed by atoms with Gasteiger partial charge in [0.05, 0.1) is 18.7 Å². The summed E-state index contributed by atoms with van der Waals surface area (Å²) in [5, 5.41) is 0. The number of halogens is 3. The van der Waals surface area contributed by atoms with Crippen LogP contribution in [-0.2, 0) is 17.5 Å². The van der Waals surface area contributed by atoms with Gasteiger partial charge in [0.15, 0.2) is 0 Å². The van der Waals surface area contributed by atoms with Crippen molar-refractivity contribution >= 4 is 5.91 Å². The summed E-state index contributed by atoms with van der Waals surface area (Å²) in [5.41, 5.74) is -0.803. The van der Waals surface area contributed by atoms with Crippen LogP contribution in [0.15, 0.2) is 42.9 Å². The van der Waals surface area contributed by atoms with Gasteiger partial charge in [-0.1, -0.05) is 0 Å². The molecule has 1 fully saturated rings. The van der Waals surface area contributed by atoms with E-state index in [1.807, 2.05) is 12.1 Å². The molecule has 0 bridgehead atoms. The van der Waals surface area contributed by atoms with E-state index in [4.69, 9.17) is 4.74 Å². The third kappa shape index (κ3) is 3.64. The third-order valence-electron chi connectivity index (χ3n) is 3.53. The molecule has 0 aromatic carbocycles. The van der Waals surface area contributed by atoms with E-state index in [0.29, 0.717) is 13.1 Å². The molecule has 1 saturated heterocycles. The van der Waals surface area contributed by atoms with Crippen LogP contribution in [0.4, 0.5) is 13.2 Å². The Kier molecular flexibility index (Phi) is 3.97. The van der Waals surface area contributed by atoms with E-state index in [2.05, 4.69) is 4.98 Å². The molecule has 1 aliphatic rings. The molecule has 0 atom stereocenters. The van der Waals surface area contributed by atoms with Crippen LogP contribution in [-0.4, -0.2) is 39.6 Å². The molecule has 0 aliphatic carbocycles. The molecule has 1 amide bonds. The molecule has 0 N–H and O–H groups in total. The lowest BCUT2D eigenvalue weighted by atomic mass is 10.1. The fourth-order valence-electron chi connectivity index (χ4n) is 2.27. The number of likely N-dealkylation sites (tertiary alicyclic amines) is 1. The van der Waals surface area contributed by atoms with Gasteiger partial charge in [-0.2, -0.15) is 13.2 Å². The largest absolute Gasteiger partial charge is 0.471 e. The number of carbonyl (C=O) groups is 1. The van der Waals surface area contributed by atoms with Crippen molar-refractivity contribution < 1.29 is 22.7 Å². The first-order valence-electron chi connectivity index (χ1n) is 7.00. The van der Waals surface area contributed by atoms with E-state index in [0.717, 1.165) is 18.3 Å². The Hall–Kier alpha value is -2.51. The first-order valence-corrected chi connectivity index (χ1v) is 7.00. The maximum absolute atomic E-state index is 12.6. The molecule has 0 unspecified atom stereocenters. The van der Waals surface area contributed by atoms with Crippen molar-refractivity contribution in [3.63, 3.8) is 0 Å². The van der Waals surface area contributed by atoms with Gasteiger partial charge in [0.2, 0.25) is 11.8 Å². The highest BCUT2D eigenvalue weighted by Gasteiger charge is 2.34. The van der Waals surface area contributed by atoms with Gasteiger partial charge in [0, 0.05) is 24.7 Å². The minimum atomic E-state index is -4.43. The number of pyridine rings is 1. The molecule has 8 heteroatoms. The van der Waals surface area contributed by atoms with E-state index < -0.39 is 11.7 Å². The van der Waals surface area contributed by atoms with Crippen LogP contribution in [0.3, 0.4) is 0 Å². The Bertz CT molecular complexity index is 680. The van der Waals surface area contributed by atoms with Gasteiger partial charge in [-0.15, -0.1) is 0 Å². The van der Waals surface area contributed by atoms with Crippen LogP contribution in [0.1, 0.15) is 5.56 Å². The van der Waals surface area contributed by atoms with Gasteiger partial charge in [-0.25, -0.2) is 4.98 Å². The fourth-order valence-corrected chi connectivity index (χ4v) is 2.27. The van der Waals surface area contributed by atoms with Gasteiger partial charge < -0.3 is 14.2 Å². The first kappa shape index (κ1) is 15.4. The molecule has 23 heavy (non-hydrogen) atoms. The minimum absolute atomic E-state index is 0.0574. The van der Waals surface area contributed by atoms with Crippen LogP contribution < -0.4 is 4.74 Å². The van der Waals surface area contributed by atoms with Gasteiger partial charge in [0.25, 0.3) is 0 Å². The summed E-state index contributed by atoms with van der Waals surface area (Å²) in [6.45, 7) is 0.928. The molecule has 0 radical (unpaired) electrons. The second kappa shape index (κ2) is 5.94. The van der Waals surface area contributed by atoms with Crippen molar-refractivity contribution in [1.82, 2.24) is 14.5 Å². The third-order valence-corrected chi connectivity index (χ3v) is 3.53. The summed E-state index contributed by atoms with van der Waals surface area (Å²) >= 11 is 0. The number of aromatic nitrogens is 2. The Morgan fingerprint density at radius 3 is 2.65 bits per heavy atom. The van der Waals surface area contributed by atoms with Crippen molar-refractivity contribution in [1.29, 1.82) is 0 Å². The predicted molar refractivity (Wildman–Crippen MR) is 74.7 cm³/mol. The van der Waals surface area contributed by atoms with Crippen molar-refractivity contribution in [2.24, 2.45) is 0 Å². The lowest BCUT2D eigenvalue weighted by molar-refractivity contribution is -0.140. The van der Waals surface area contributed by atoms with Crippen molar-refractivity contribution in [2.75, 3.05) is 13.1 Å². The topological polar surface area (TPSA) is 47.4 Å². The van der Waals surface area contributed by atoms with Crippen molar-refractivity contribution in [2.45, 2.75) is 18.8 Å². The van der Waals surface area contributed by atoms with Gasteiger partial charge in [-0.05, 0) is 18.2 Å². The average Bonchev–Trinajstić information content (AvgIpc) is 2.94. The minimum Gasteiger partial charge on any atom is -0.471 e. The van der Waals surface area contributed by atoms with Crippen molar-refractivity contribution in [3.05, 3.63) is 48.4 Å². The highest BCUT2D eigenvalue weighted by Crippen LogP contribution is 2.30. The number of alkyl halides is 3. The maximum atomic E-state index is 12.6. The van der Waals surface area contributed by atoms with E-state index in [-0.39, 0.29) is 24.4 Å². The zero-order chi connectivity index (χ0) is 16.4. The maximum Gasteiger partial charge on any atom is 0.416 e. The number of hydrogen-bond acceptors (Lipinski definition) is 3. The zero-order valence-electron chi connectivity index (χ0n) is 12.0. The second-order valence-corrected chi connectivity index (χ2v) is 5.27. The molecule has 1 aliphatic heterocycles. The monoisotopic (exact) mass is 325 g/mol. The van der Waals surface area contributed by atoms with Gasteiger partial charge in [-0.3, -0.25) is 4.79 Å². The standard InChI is InChI=1S/C15H14F3N3O2/c16-15(17,18)11-3-4-19-13(7-11)23-12-8-21(9-12)14(22)10-20-5-1-2-6-20/h1-7,12H,8-10H2. The van der Waals surface area contributed by atoms with Crippen LogP contribution in [0.25, 0.3) is 0 Å². The Labute approximate surface area is 130 Å². The molecule has 2 aromatic heterocycles. The fraction of sp³-hybridized carbons (Fsp3) is 0.333. The summed E-state index contributed by atoms with van der Waals surface area (Å²) in [4.78, 5) is 17.3. The van der Waals surface area contributed by atoms with E-state index in [1.165, 1.54) is 0 Å². The molecule has 2 aromatic rings. The van der Waals surface area contributed by atoms with Crippen LogP contribution in [0.2, 0.25) is 0 Å². The Morgan fingerprint density at radius 1 is 1.30 bits per heavy atom. The average molecular weight is 325 g/mol. The summed E-state index contributed by atoms with van der Waals surface area (Å²) < 4.78 is 45.0. The van der Waals surface area contributed by atoms with E-state index in [9.17, 15) is 18.0 Å². The summed E-state index contributed by atoms with van der Waals surface area (Å²) in [6.07, 6.45) is -0.124. The van der Waals surface area contributed by atoms with Gasteiger partial charge in [0.1, 0.15) is 12.6 Å². The summed E-state index contributed by atoms with van der Waals surface area (Å²) in [6, 6.07) is 5.41. The van der Waals surface area contributed by atoms with Gasteiger partial charge >= 0.3 is 6.18 Å². The Morgan fingerprint density at radius 2 is 2.00 bits per heavy atom. The Balaban J connectivity index is 1.51. The smallest absolute Gasteiger partial charge is 0.416 e. The molecule has 0 spiro atoms. The van der Waals surface area contributed by atoms with Crippen LogP contribution >= 0.6 is 0 Å². The van der Waals surface area contributed by atoms with Crippen molar-refractivity contribution in [3.8, 4) is 5.88 Å². The molecule has 122 valence electrons. The highest BCUT2D eigenvalue weighted by molar-refractivity contribution is 5.77. The zero-order valence-corrected chi connectivity index (χ0v) is 12.0. The van der Waals surface area contributed by atoms with E-state index in [1.54, 1.807) is 21.9 Å². The highest BCUT2D eigenvalue weighted by atomic mass is 19.4. The summed E-state index contributed by atoms with van der Waals surface area (Å²) in [7, 11) is 0. The molecular weight excluding hydrogens is 311 g/mol. The van der Waals surface area contributed by atoms with Crippen LogP contribution in [0, 0.1) is 0 Å². The quantitative estimate of drug-likeness (QED) is 0.866. The molecule has 3 rings (SSSR count). The second-order valence-electron chi connectivity index (χ2n) is 5.27. The number of nitrogens with zero attached hydrogens (tertiary/aromatic N) is 3. The number of hydrogen-bond donors (Lipinski definition) is 0. The molecule has 0 saturated carbocycles.